The van der Waals surface area contributed by atoms with Gasteiger partial charge in [-0.15, -0.1) is 0 Å². The fraction of sp³-hybridized carbons (Fsp3) is 0.0909. The average Bonchev–Trinajstić information content (AvgIpc) is 3.07. The summed E-state index contributed by atoms with van der Waals surface area (Å²) in [7, 11) is 0. The molecule has 25 heavy (non-hydrogen) atoms. The Morgan fingerprint density at radius 2 is 1.32 bits per heavy atom. The number of aryl methyl sites for hydroxylation is 2. The molecule has 0 aliphatic rings. The maximum atomic E-state index is 4.78. The molecule has 3 heterocycles. The molecule has 0 radical (unpaired) electrons. The lowest BCUT2D eigenvalue weighted by Crippen LogP contribution is -1.97. The van der Waals surface area contributed by atoms with Crippen molar-refractivity contribution in [2.24, 2.45) is 0 Å². The zero-order valence-corrected chi connectivity index (χ0v) is 14.2. The molecule has 120 valence electrons. The first-order valence-corrected chi connectivity index (χ1v) is 8.45. The molecule has 0 aliphatic heterocycles. The van der Waals surface area contributed by atoms with Gasteiger partial charge in [0.1, 0.15) is 11.3 Å². The molecular weight excluding hydrogens is 306 g/mol. The number of nitrogens with zero attached hydrogens (tertiary/aromatic N) is 3. The van der Waals surface area contributed by atoms with E-state index in [2.05, 4.69) is 66.8 Å². The molecule has 2 aromatic carbocycles. The van der Waals surface area contributed by atoms with Gasteiger partial charge in [0.15, 0.2) is 0 Å². The van der Waals surface area contributed by atoms with E-state index in [-0.39, 0.29) is 0 Å². The quantitative estimate of drug-likeness (QED) is 0.391. The van der Waals surface area contributed by atoms with Crippen LogP contribution in [0.2, 0.25) is 0 Å². The van der Waals surface area contributed by atoms with E-state index in [9.17, 15) is 0 Å². The SMILES string of the molecule is Cc1cccc(C)c1-c1cnc2c3ccccc3c3cccnc3n12. The van der Waals surface area contributed by atoms with Crippen LogP contribution in [0.5, 0.6) is 0 Å². The first-order valence-electron chi connectivity index (χ1n) is 8.45. The van der Waals surface area contributed by atoms with Crippen molar-refractivity contribution in [3.05, 3.63) is 78.1 Å². The number of benzene rings is 2. The maximum Gasteiger partial charge on any atom is 0.146 e. The molecule has 0 aliphatic carbocycles. The normalized spacial score (nSPS) is 11.6. The minimum Gasteiger partial charge on any atom is -0.276 e. The predicted molar refractivity (Wildman–Crippen MR) is 103 cm³/mol. The number of fused-ring (bicyclic) bond motifs is 6. The first kappa shape index (κ1) is 14.2. The van der Waals surface area contributed by atoms with Crippen LogP contribution in [-0.2, 0) is 0 Å². The molecule has 0 saturated carbocycles. The van der Waals surface area contributed by atoms with Crippen LogP contribution >= 0.6 is 0 Å². The average molecular weight is 323 g/mol. The largest absolute Gasteiger partial charge is 0.276 e. The van der Waals surface area contributed by atoms with Gasteiger partial charge in [0, 0.05) is 22.5 Å². The monoisotopic (exact) mass is 323 g/mol. The van der Waals surface area contributed by atoms with E-state index < -0.39 is 0 Å². The summed E-state index contributed by atoms with van der Waals surface area (Å²) >= 11 is 0. The van der Waals surface area contributed by atoms with Crippen molar-refractivity contribution in [3.63, 3.8) is 0 Å². The maximum absolute atomic E-state index is 4.78. The Morgan fingerprint density at radius 1 is 0.680 bits per heavy atom. The Kier molecular flexibility index (Phi) is 2.92. The highest BCUT2D eigenvalue weighted by atomic mass is 15.1. The van der Waals surface area contributed by atoms with Crippen LogP contribution in [0.1, 0.15) is 11.1 Å². The Balaban J connectivity index is 2.05. The van der Waals surface area contributed by atoms with Gasteiger partial charge >= 0.3 is 0 Å². The molecule has 5 aromatic rings. The second kappa shape index (κ2) is 5.15. The standard InChI is InChI=1S/C22H17N3/c1-14-7-5-8-15(2)20(14)19-13-24-22-17-10-4-3-9-16(17)18-11-6-12-23-21(18)25(19)22/h3-13H,1-2H3. The van der Waals surface area contributed by atoms with E-state index in [0.29, 0.717) is 0 Å². The van der Waals surface area contributed by atoms with E-state index in [1.807, 2.05) is 18.5 Å². The Morgan fingerprint density at radius 3 is 2.08 bits per heavy atom. The molecule has 0 unspecified atom stereocenters. The van der Waals surface area contributed by atoms with Gasteiger partial charge < -0.3 is 0 Å². The summed E-state index contributed by atoms with van der Waals surface area (Å²) in [6, 6.07) is 19.0. The van der Waals surface area contributed by atoms with Crippen molar-refractivity contribution in [1.29, 1.82) is 0 Å². The van der Waals surface area contributed by atoms with Gasteiger partial charge in [-0.3, -0.25) is 4.40 Å². The summed E-state index contributed by atoms with van der Waals surface area (Å²) in [4.78, 5) is 9.48. The van der Waals surface area contributed by atoms with Crippen LogP contribution in [-0.4, -0.2) is 14.4 Å². The third kappa shape index (κ3) is 1.92. The molecule has 0 amide bonds. The van der Waals surface area contributed by atoms with Crippen LogP contribution in [0.25, 0.3) is 38.7 Å². The summed E-state index contributed by atoms with van der Waals surface area (Å²) < 4.78 is 2.20. The predicted octanol–water partition coefficient (Wildman–Crippen LogP) is 5.32. The van der Waals surface area contributed by atoms with E-state index >= 15 is 0 Å². The molecular formula is C22H17N3. The molecule has 0 fully saturated rings. The van der Waals surface area contributed by atoms with Crippen molar-refractivity contribution >= 4 is 27.5 Å². The highest BCUT2D eigenvalue weighted by Crippen LogP contribution is 2.34. The van der Waals surface area contributed by atoms with E-state index in [0.717, 1.165) is 27.8 Å². The van der Waals surface area contributed by atoms with Crippen molar-refractivity contribution < 1.29 is 0 Å². The van der Waals surface area contributed by atoms with E-state index in [1.165, 1.54) is 22.1 Å². The molecule has 5 rings (SSSR count). The zero-order chi connectivity index (χ0) is 17.0. The summed E-state index contributed by atoms with van der Waals surface area (Å²) in [6.07, 6.45) is 3.83. The lowest BCUT2D eigenvalue weighted by Gasteiger charge is -2.12. The van der Waals surface area contributed by atoms with Gasteiger partial charge in [-0.05, 0) is 42.5 Å². The van der Waals surface area contributed by atoms with Gasteiger partial charge in [0.05, 0.1) is 11.9 Å². The number of rotatable bonds is 1. The summed E-state index contributed by atoms with van der Waals surface area (Å²) in [6.45, 7) is 4.30. The van der Waals surface area contributed by atoms with Crippen LogP contribution < -0.4 is 0 Å². The van der Waals surface area contributed by atoms with Gasteiger partial charge in [0.2, 0.25) is 0 Å². The number of hydrogen-bond acceptors (Lipinski definition) is 2. The molecule has 0 atom stereocenters. The number of pyridine rings is 2. The summed E-state index contributed by atoms with van der Waals surface area (Å²) in [5.41, 5.74) is 6.74. The van der Waals surface area contributed by atoms with Gasteiger partial charge in [-0.2, -0.15) is 0 Å². The fourth-order valence-corrected chi connectivity index (χ4v) is 3.85. The van der Waals surface area contributed by atoms with Crippen molar-refractivity contribution in [3.8, 4) is 11.3 Å². The van der Waals surface area contributed by atoms with Crippen LogP contribution in [0.15, 0.2) is 67.0 Å². The number of aromatic nitrogens is 3. The second-order valence-corrected chi connectivity index (χ2v) is 6.49. The zero-order valence-electron chi connectivity index (χ0n) is 14.2. The fourth-order valence-electron chi connectivity index (χ4n) is 3.85. The Bertz CT molecular complexity index is 1240. The Labute approximate surface area is 145 Å². The summed E-state index contributed by atoms with van der Waals surface area (Å²) in [5, 5.41) is 3.49. The minimum absolute atomic E-state index is 0.950. The van der Waals surface area contributed by atoms with Gasteiger partial charge in [-0.25, -0.2) is 9.97 Å². The van der Waals surface area contributed by atoms with Gasteiger partial charge in [-0.1, -0.05) is 42.5 Å². The molecule has 0 bridgehead atoms. The van der Waals surface area contributed by atoms with Gasteiger partial charge in [0.25, 0.3) is 0 Å². The summed E-state index contributed by atoms with van der Waals surface area (Å²) in [5.74, 6) is 0. The van der Waals surface area contributed by atoms with Crippen molar-refractivity contribution in [2.75, 3.05) is 0 Å². The molecule has 0 saturated heterocycles. The molecule has 3 heteroatoms. The smallest absolute Gasteiger partial charge is 0.146 e. The topological polar surface area (TPSA) is 30.2 Å². The van der Waals surface area contributed by atoms with E-state index in [4.69, 9.17) is 9.97 Å². The highest BCUT2D eigenvalue weighted by molar-refractivity contribution is 6.11. The second-order valence-electron chi connectivity index (χ2n) is 6.49. The lowest BCUT2D eigenvalue weighted by molar-refractivity contribution is 1.19. The Hall–Kier alpha value is -3.20. The van der Waals surface area contributed by atoms with Crippen LogP contribution in [0, 0.1) is 13.8 Å². The van der Waals surface area contributed by atoms with Crippen LogP contribution in [0.3, 0.4) is 0 Å². The lowest BCUT2D eigenvalue weighted by atomic mass is 10.0. The third-order valence-electron chi connectivity index (χ3n) is 4.96. The molecule has 3 aromatic heterocycles. The van der Waals surface area contributed by atoms with Crippen LogP contribution in [0.4, 0.5) is 0 Å². The molecule has 0 N–H and O–H groups in total. The van der Waals surface area contributed by atoms with E-state index in [1.54, 1.807) is 0 Å². The first-order chi connectivity index (χ1) is 12.3. The number of imidazole rings is 1. The van der Waals surface area contributed by atoms with Crippen molar-refractivity contribution in [1.82, 2.24) is 14.4 Å². The third-order valence-corrected chi connectivity index (χ3v) is 4.96. The molecule has 3 nitrogen and oxygen atoms in total. The van der Waals surface area contributed by atoms with Crippen molar-refractivity contribution in [2.45, 2.75) is 13.8 Å². The minimum atomic E-state index is 0.950. The molecule has 0 spiro atoms. The number of hydrogen-bond donors (Lipinski definition) is 0. The highest BCUT2D eigenvalue weighted by Gasteiger charge is 2.16.